The first-order valence-corrected chi connectivity index (χ1v) is 7.55. The van der Waals surface area contributed by atoms with Crippen LogP contribution in [0, 0.1) is 13.8 Å². The fourth-order valence-electron chi connectivity index (χ4n) is 2.82. The third-order valence-corrected chi connectivity index (χ3v) is 3.90. The highest BCUT2D eigenvalue weighted by Gasteiger charge is 2.31. The summed E-state index contributed by atoms with van der Waals surface area (Å²) >= 11 is 0. The summed E-state index contributed by atoms with van der Waals surface area (Å²) < 4.78 is 12.8. The lowest BCUT2D eigenvalue weighted by Gasteiger charge is -2.18. The van der Waals surface area contributed by atoms with E-state index in [0.29, 0.717) is 25.5 Å². The first kappa shape index (κ1) is 15.0. The van der Waals surface area contributed by atoms with Crippen molar-refractivity contribution >= 4 is 11.6 Å². The molecule has 0 saturated carbocycles. The Labute approximate surface area is 129 Å². The minimum absolute atomic E-state index is 0.0873. The molecule has 22 heavy (non-hydrogen) atoms. The van der Waals surface area contributed by atoms with Crippen LogP contribution in [0.1, 0.15) is 28.7 Å². The lowest BCUT2D eigenvalue weighted by atomic mass is 10.2. The summed E-state index contributed by atoms with van der Waals surface area (Å²) in [5, 5.41) is 3.01. The number of aryl methyl sites for hydroxylation is 2. The largest absolute Gasteiger partial charge is 0.376 e. The first-order valence-electron chi connectivity index (χ1n) is 7.55. The van der Waals surface area contributed by atoms with E-state index in [0.717, 1.165) is 16.9 Å². The topological polar surface area (TPSA) is 64.9 Å². The van der Waals surface area contributed by atoms with Crippen molar-refractivity contribution < 1.29 is 14.3 Å². The standard InChI is InChI=1S/C16H21N3O3/c1-4-22-13-9-21-8-12(13)18-16(20)15-11(3)17-14-7-10(2)5-6-19(14)15/h5-7,12-13H,4,8-9H2,1-3H3,(H,18,20)/t12-,13-/m1/s1. The van der Waals surface area contributed by atoms with E-state index in [1.54, 1.807) is 0 Å². The third kappa shape index (κ3) is 2.71. The molecule has 1 aliphatic heterocycles. The van der Waals surface area contributed by atoms with Gasteiger partial charge in [0, 0.05) is 12.8 Å². The molecule has 1 fully saturated rings. The van der Waals surface area contributed by atoms with Crippen LogP contribution in [-0.4, -0.2) is 47.3 Å². The van der Waals surface area contributed by atoms with Crippen molar-refractivity contribution in [3.63, 3.8) is 0 Å². The van der Waals surface area contributed by atoms with Crippen molar-refractivity contribution in [2.45, 2.75) is 32.9 Å². The molecule has 0 radical (unpaired) electrons. The number of hydrogen-bond acceptors (Lipinski definition) is 4. The van der Waals surface area contributed by atoms with Gasteiger partial charge in [-0.3, -0.25) is 9.20 Å². The summed E-state index contributed by atoms with van der Waals surface area (Å²) in [6.07, 6.45) is 1.79. The van der Waals surface area contributed by atoms with Crippen molar-refractivity contribution in [2.24, 2.45) is 0 Å². The van der Waals surface area contributed by atoms with Gasteiger partial charge in [0.2, 0.25) is 0 Å². The van der Waals surface area contributed by atoms with Gasteiger partial charge < -0.3 is 14.8 Å². The Morgan fingerprint density at radius 3 is 3.09 bits per heavy atom. The average Bonchev–Trinajstić information content (AvgIpc) is 3.02. The second kappa shape index (κ2) is 6.06. The van der Waals surface area contributed by atoms with Gasteiger partial charge in [-0.1, -0.05) is 0 Å². The fourth-order valence-corrected chi connectivity index (χ4v) is 2.82. The van der Waals surface area contributed by atoms with Crippen LogP contribution in [0.3, 0.4) is 0 Å². The molecule has 0 aromatic carbocycles. The normalized spacial score (nSPS) is 21.4. The summed E-state index contributed by atoms with van der Waals surface area (Å²) in [4.78, 5) is 17.1. The third-order valence-electron chi connectivity index (χ3n) is 3.90. The maximum Gasteiger partial charge on any atom is 0.270 e. The number of amides is 1. The lowest BCUT2D eigenvalue weighted by Crippen LogP contribution is -2.44. The van der Waals surface area contributed by atoms with Crippen molar-refractivity contribution in [2.75, 3.05) is 19.8 Å². The number of hydrogen-bond donors (Lipinski definition) is 1. The summed E-state index contributed by atoms with van der Waals surface area (Å²) in [6, 6.07) is 3.81. The van der Waals surface area contributed by atoms with Gasteiger partial charge in [-0.25, -0.2) is 4.98 Å². The van der Waals surface area contributed by atoms with Gasteiger partial charge in [0.15, 0.2) is 0 Å². The van der Waals surface area contributed by atoms with Crippen molar-refractivity contribution in [3.8, 4) is 0 Å². The minimum atomic E-state index is -0.144. The number of nitrogens with one attached hydrogen (secondary N) is 1. The number of carbonyl (C=O) groups excluding carboxylic acids is 1. The maximum absolute atomic E-state index is 12.6. The zero-order valence-corrected chi connectivity index (χ0v) is 13.1. The highest BCUT2D eigenvalue weighted by molar-refractivity contribution is 5.95. The molecule has 1 saturated heterocycles. The fraction of sp³-hybridized carbons (Fsp3) is 0.500. The number of pyridine rings is 1. The molecule has 2 aromatic heterocycles. The van der Waals surface area contributed by atoms with Crippen LogP contribution in [0.25, 0.3) is 5.65 Å². The van der Waals surface area contributed by atoms with E-state index < -0.39 is 0 Å². The molecule has 6 heteroatoms. The van der Waals surface area contributed by atoms with Crippen molar-refractivity contribution in [3.05, 3.63) is 35.3 Å². The number of rotatable bonds is 4. The summed E-state index contributed by atoms with van der Waals surface area (Å²) in [7, 11) is 0. The first-order chi connectivity index (χ1) is 10.6. The monoisotopic (exact) mass is 303 g/mol. The van der Waals surface area contributed by atoms with Crippen LogP contribution < -0.4 is 5.32 Å². The minimum Gasteiger partial charge on any atom is -0.376 e. The van der Waals surface area contributed by atoms with Gasteiger partial charge in [0.25, 0.3) is 5.91 Å². The number of carbonyl (C=O) groups is 1. The Balaban J connectivity index is 1.84. The van der Waals surface area contributed by atoms with E-state index in [1.807, 2.05) is 43.5 Å². The molecule has 1 amide bonds. The van der Waals surface area contributed by atoms with Crippen LogP contribution in [-0.2, 0) is 9.47 Å². The van der Waals surface area contributed by atoms with Gasteiger partial charge in [-0.05, 0) is 38.5 Å². The van der Waals surface area contributed by atoms with Crippen molar-refractivity contribution in [1.82, 2.24) is 14.7 Å². The molecule has 3 rings (SSSR count). The Morgan fingerprint density at radius 2 is 2.32 bits per heavy atom. The predicted octanol–water partition coefficient (Wildman–Crippen LogP) is 1.48. The Bertz CT molecular complexity index is 695. The molecule has 3 heterocycles. The molecule has 0 aliphatic carbocycles. The van der Waals surface area contributed by atoms with Crippen LogP contribution in [0.2, 0.25) is 0 Å². The zero-order valence-electron chi connectivity index (χ0n) is 13.1. The maximum atomic E-state index is 12.6. The summed E-state index contributed by atoms with van der Waals surface area (Å²) in [6.45, 7) is 7.40. The second-order valence-electron chi connectivity index (χ2n) is 5.59. The van der Waals surface area contributed by atoms with E-state index in [1.165, 1.54) is 0 Å². The molecule has 2 atom stereocenters. The quantitative estimate of drug-likeness (QED) is 0.929. The van der Waals surface area contributed by atoms with Gasteiger partial charge in [0.1, 0.15) is 17.4 Å². The second-order valence-corrected chi connectivity index (χ2v) is 5.59. The number of fused-ring (bicyclic) bond motifs is 1. The number of nitrogens with zero attached hydrogens (tertiary/aromatic N) is 2. The van der Waals surface area contributed by atoms with Crippen LogP contribution in [0.5, 0.6) is 0 Å². The van der Waals surface area contributed by atoms with E-state index in [-0.39, 0.29) is 18.1 Å². The molecule has 2 aromatic rings. The Kier molecular flexibility index (Phi) is 4.13. The lowest BCUT2D eigenvalue weighted by molar-refractivity contribution is 0.0401. The molecule has 118 valence electrons. The van der Waals surface area contributed by atoms with Crippen LogP contribution in [0.15, 0.2) is 18.3 Å². The molecule has 1 N–H and O–H groups in total. The van der Waals surface area contributed by atoms with E-state index >= 15 is 0 Å². The zero-order chi connectivity index (χ0) is 15.7. The smallest absolute Gasteiger partial charge is 0.270 e. The molecule has 0 spiro atoms. The number of aromatic nitrogens is 2. The highest BCUT2D eigenvalue weighted by atomic mass is 16.5. The number of imidazole rings is 1. The van der Waals surface area contributed by atoms with Crippen LogP contribution >= 0.6 is 0 Å². The van der Waals surface area contributed by atoms with Crippen molar-refractivity contribution in [1.29, 1.82) is 0 Å². The Morgan fingerprint density at radius 1 is 1.50 bits per heavy atom. The van der Waals surface area contributed by atoms with Gasteiger partial charge in [0.05, 0.1) is 24.9 Å². The molecule has 1 aliphatic rings. The van der Waals surface area contributed by atoms with Gasteiger partial charge in [-0.2, -0.15) is 0 Å². The summed E-state index contributed by atoms with van der Waals surface area (Å²) in [5.74, 6) is -0.144. The van der Waals surface area contributed by atoms with Gasteiger partial charge >= 0.3 is 0 Å². The molecular formula is C16H21N3O3. The highest BCUT2D eigenvalue weighted by Crippen LogP contribution is 2.15. The SMILES string of the molecule is CCO[C@@H]1COC[C@H]1NC(=O)c1c(C)nc2cc(C)ccn12. The van der Waals surface area contributed by atoms with E-state index in [2.05, 4.69) is 10.3 Å². The van der Waals surface area contributed by atoms with E-state index in [9.17, 15) is 4.79 Å². The average molecular weight is 303 g/mol. The number of ether oxygens (including phenoxy) is 2. The van der Waals surface area contributed by atoms with E-state index in [4.69, 9.17) is 9.47 Å². The summed E-state index contributed by atoms with van der Waals surface area (Å²) in [5.41, 5.74) is 3.18. The Hall–Kier alpha value is -1.92. The molecule has 0 bridgehead atoms. The molecular weight excluding hydrogens is 282 g/mol. The van der Waals surface area contributed by atoms with Gasteiger partial charge in [-0.15, -0.1) is 0 Å². The molecule has 0 unspecified atom stereocenters. The molecule has 6 nitrogen and oxygen atoms in total. The van der Waals surface area contributed by atoms with Crippen LogP contribution in [0.4, 0.5) is 0 Å². The predicted molar refractivity (Wildman–Crippen MR) is 82.2 cm³/mol.